The first-order valence-corrected chi connectivity index (χ1v) is 4.76. The van der Waals surface area contributed by atoms with Gasteiger partial charge in [0, 0.05) is 3.92 Å². The van der Waals surface area contributed by atoms with E-state index in [1.54, 1.807) is 7.11 Å². The van der Waals surface area contributed by atoms with Crippen molar-refractivity contribution in [3.8, 4) is 5.75 Å². The van der Waals surface area contributed by atoms with Crippen molar-refractivity contribution in [1.82, 2.24) is 0 Å². The Hall–Kier alpha value is -0.250. The van der Waals surface area contributed by atoms with Gasteiger partial charge in [-0.2, -0.15) is 0 Å². The van der Waals surface area contributed by atoms with Crippen molar-refractivity contribution in [2.75, 3.05) is 7.11 Å². The van der Waals surface area contributed by atoms with E-state index < -0.39 is 0 Å². The Kier molecular flexibility index (Phi) is 3.17. The van der Waals surface area contributed by atoms with Gasteiger partial charge in [-0.3, -0.25) is 0 Å². The first-order chi connectivity index (χ1) is 5.24. The van der Waals surface area contributed by atoms with E-state index in [0.717, 1.165) is 5.75 Å². The summed E-state index contributed by atoms with van der Waals surface area (Å²) in [6.45, 7) is 2.17. The highest BCUT2D eigenvalue weighted by Gasteiger charge is 1.98. The van der Waals surface area contributed by atoms with Crippen molar-refractivity contribution in [3.63, 3.8) is 0 Å². The smallest absolute Gasteiger partial charge is 0.118 e. The predicted octanol–water partition coefficient (Wildman–Crippen LogP) is 3.19. The lowest BCUT2D eigenvalue weighted by Crippen LogP contribution is -1.85. The van der Waals surface area contributed by atoms with E-state index >= 15 is 0 Å². The zero-order valence-electron chi connectivity index (χ0n) is 6.67. The predicted molar refractivity (Wildman–Crippen MR) is 55.4 cm³/mol. The zero-order valence-corrected chi connectivity index (χ0v) is 8.83. The summed E-state index contributed by atoms with van der Waals surface area (Å²) in [4.78, 5) is 0. The SMILES string of the molecule is COc1ccc(C(C)I)cc1. The molecule has 0 aliphatic rings. The lowest BCUT2D eigenvalue weighted by Gasteiger charge is -2.04. The lowest BCUT2D eigenvalue weighted by atomic mass is 10.2. The Morgan fingerprint density at radius 1 is 1.27 bits per heavy atom. The fourth-order valence-corrected chi connectivity index (χ4v) is 1.28. The molecule has 60 valence electrons. The van der Waals surface area contributed by atoms with E-state index in [1.165, 1.54) is 5.56 Å². The summed E-state index contributed by atoms with van der Waals surface area (Å²) >= 11 is 2.39. The van der Waals surface area contributed by atoms with Crippen LogP contribution in [0.3, 0.4) is 0 Å². The molecule has 1 aromatic rings. The number of hydrogen-bond acceptors (Lipinski definition) is 1. The Bertz CT molecular complexity index is 216. The summed E-state index contributed by atoms with van der Waals surface area (Å²) in [7, 11) is 1.68. The molecule has 0 N–H and O–H groups in total. The van der Waals surface area contributed by atoms with Crippen molar-refractivity contribution in [3.05, 3.63) is 29.8 Å². The second kappa shape index (κ2) is 3.95. The number of halogens is 1. The van der Waals surface area contributed by atoms with Crippen LogP contribution in [-0.4, -0.2) is 7.11 Å². The third kappa shape index (κ3) is 2.36. The highest BCUT2D eigenvalue weighted by molar-refractivity contribution is 14.1. The molecule has 0 aliphatic carbocycles. The van der Waals surface area contributed by atoms with E-state index in [1.807, 2.05) is 12.1 Å². The standard InChI is InChI=1S/C9H11IO/c1-7(10)8-3-5-9(11-2)6-4-8/h3-7H,1-2H3. The van der Waals surface area contributed by atoms with E-state index in [2.05, 4.69) is 41.6 Å². The molecule has 1 atom stereocenters. The van der Waals surface area contributed by atoms with Crippen LogP contribution < -0.4 is 4.74 Å². The first-order valence-electron chi connectivity index (χ1n) is 3.52. The van der Waals surface area contributed by atoms with Gasteiger partial charge in [0.2, 0.25) is 0 Å². The van der Waals surface area contributed by atoms with Crippen LogP contribution in [0.2, 0.25) is 0 Å². The summed E-state index contributed by atoms with van der Waals surface area (Å²) in [5, 5.41) is 0. The van der Waals surface area contributed by atoms with Crippen LogP contribution in [0, 0.1) is 0 Å². The Balaban J connectivity index is 2.83. The van der Waals surface area contributed by atoms with Gasteiger partial charge in [-0.15, -0.1) is 0 Å². The summed E-state index contributed by atoms with van der Waals surface area (Å²) in [6.07, 6.45) is 0. The maximum Gasteiger partial charge on any atom is 0.118 e. The van der Waals surface area contributed by atoms with Gasteiger partial charge in [0.25, 0.3) is 0 Å². The van der Waals surface area contributed by atoms with Crippen LogP contribution in [0.15, 0.2) is 24.3 Å². The molecule has 1 unspecified atom stereocenters. The van der Waals surface area contributed by atoms with E-state index in [4.69, 9.17) is 4.74 Å². The first kappa shape index (κ1) is 8.84. The number of alkyl halides is 1. The number of ether oxygens (including phenoxy) is 1. The molecule has 0 aromatic heterocycles. The van der Waals surface area contributed by atoms with Crippen LogP contribution in [0.25, 0.3) is 0 Å². The number of benzene rings is 1. The summed E-state index contributed by atoms with van der Waals surface area (Å²) in [6, 6.07) is 8.17. The minimum Gasteiger partial charge on any atom is -0.497 e. The quantitative estimate of drug-likeness (QED) is 0.587. The summed E-state index contributed by atoms with van der Waals surface area (Å²) < 4.78 is 5.61. The molecule has 0 heterocycles. The maximum atomic E-state index is 5.05. The Morgan fingerprint density at radius 3 is 2.18 bits per heavy atom. The van der Waals surface area contributed by atoms with Gasteiger partial charge in [0.1, 0.15) is 5.75 Å². The van der Waals surface area contributed by atoms with E-state index in [-0.39, 0.29) is 0 Å². The van der Waals surface area contributed by atoms with Gasteiger partial charge in [0.15, 0.2) is 0 Å². The molecule has 0 radical (unpaired) electrons. The van der Waals surface area contributed by atoms with Crippen molar-refractivity contribution in [2.45, 2.75) is 10.8 Å². The Morgan fingerprint density at radius 2 is 1.82 bits per heavy atom. The van der Waals surface area contributed by atoms with Crippen LogP contribution >= 0.6 is 22.6 Å². The molecular weight excluding hydrogens is 251 g/mol. The van der Waals surface area contributed by atoms with Crippen molar-refractivity contribution in [1.29, 1.82) is 0 Å². The highest BCUT2D eigenvalue weighted by Crippen LogP contribution is 2.23. The van der Waals surface area contributed by atoms with Gasteiger partial charge in [-0.25, -0.2) is 0 Å². The molecule has 1 aromatic carbocycles. The Labute approximate surface area is 80.9 Å². The molecule has 0 fully saturated rings. The third-order valence-corrected chi connectivity index (χ3v) is 2.29. The normalized spacial score (nSPS) is 12.6. The lowest BCUT2D eigenvalue weighted by molar-refractivity contribution is 0.414. The average Bonchev–Trinajstić information content (AvgIpc) is 2.05. The topological polar surface area (TPSA) is 9.23 Å². The number of methoxy groups -OCH3 is 1. The van der Waals surface area contributed by atoms with Crippen molar-refractivity contribution < 1.29 is 4.74 Å². The molecule has 0 amide bonds. The third-order valence-electron chi connectivity index (χ3n) is 1.58. The average molecular weight is 262 g/mol. The molecule has 0 saturated heterocycles. The molecule has 2 heteroatoms. The van der Waals surface area contributed by atoms with Crippen LogP contribution in [0.5, 0.6) is 5.75 Å². The van der Waals surface area contributed by atoms with Gasteiger partial charge in [-0.05, 0) is 24.6 Å². The van der Waals surface area contributed by atoms with Gasteiger partial charge < -0.3 is 4.74 Å². The second-order valence-corrected chi connectivity index (χ2v) is 4.26. The van der Waals surface area contributed by atoms with Gasteiger partial charge in [-0.1, -0.05) is 34.7 Å². The summed E-state index contributed by atoms with van der Waals surface area (Å²) in [5.41, 5.74) is 1.34. The minimum atomic E-state index is 0.568. The number of hydrogen-bond donors (Lipinski definition) is 0. The van der Waals surface area contributed by atoms with Crippen LogP contribution in [-0.2, 0) is 0 Å². The monoisotopic (exact) mass is 262 g/mol. The maximum absolute atomic E-state index is 5.05. The molecular formula is C9H11IO. The highest BCUT2D eigenvalue weighted by atomic mass is 127. The zero-order chi connectivity index (χ0) is 8.27. The summed E-state index contributed by atoms with van der Waals surface area (Å²) in [5.74, 6) is 0.922. The van der Waals surface area contributed by atoms with Crippen LogP contribution in [0.4, 0.5) is 0 Å². The van der Waals surface area contributed by atoms with Gasteiger partial charge >= 0.3 is 0 Å². The second-order valence-electron chi connectivity index (χ2n) is 2.39. The fourth-order valence-electron chi connectivity index (χ4n) is 0.869. The molecule has 11 heavy (non-hydrogen) atoms. The van der Waals surface area contributed by atoms with E-state index in [0.29, 0.717) is 3.92 Å². The molecule has 1 rings (SSSR count). The van der Waals surface area contributed by atoms with E-state index in [9.17, 15) is 0 Å². The minimum absolute atomic E-state index is 0.568. The van der Waals surface area contributed by atoms with Crippen LogP contribution in [0.1, 0.15) is 16.4 Å². The number of rotatable bonds is 2. The fraction of sp³-hybridized carbons (Fsp3) is 0.333. The molecule has 0 bridgehead atoms. The molecule has 0 saturated carbocycles. The molecule has 0 aliphatic heterocycles. The molecule has 1 nitrogen and oxygen atoms in total. The largest absolute Gasteiger partial charge is 0.497 e. The molecule has 0 spiro atoms. The van der Waals surface area contributed by atoms with Gasteiger partial charge in [0.05, 0.1) is 7.11 Å². The van der Waals surface area contributed by atoms with Crippen molar-refractivity contribution >= 4 is 22.6 Å². The van der Waals surface area contributed by atoms with Crippen molar-refractivity contribution in [2.24, 2.45) is 0 Å².